The van der Waals surface area contributed by atoms with Crippen LogP contribution in [0, 0.1) is 0 Å². The summed E-state index contributed by atoms with van der Waals surface area (Å²) in [6.07, 6.45) is 0.473. The number of aryl methyl sites for hydroxylation is 1. The van der Waals surface area contributed by atoms with Gasteiger partial charge in [0.05, 0.1) is 13.7 Å². The van der Waals surface area contributed by atoms with Crippen LogP contribution >= 0.6 is 0 Å². The van der Waals surface area contributed by atoms with E-state index < -0.39 is 12.1 Å². The Bertz CT molecular complexity index is 1030. The van der Waals surface area contributed by atoms with Crippen LogP contribution < -0.4 is 9.64 Å². The van der Waals surface area contributed by atoms with Crippen molar-refractivity contribution in [1.82, 2.24) is 0 Å². The molecule has 0 spiro atoms. The fourth-order valence-corrected chi connectivity index (χ4v) is 3.65. The van der Waals surface area contributed by atoms with Gasteiger partial charge < -0.3 is 14.4 Å². The highest BCUT2D eigenvalue weighted by Gasteiger charge is 2.25. The summed E-state index contributed by atoms with van der Waals surface area (Å²) in [5.41, 5.74) is 3.88. The molecule has 4 rings (SSSR count). The number of hydrogen-bond donors (Lipinski definition) is 0. The molecule has 0 radical (unpaired) electrons. The Morgan fingerprint density at radius 2 is 1.63 bits per heavy atom. The maximum atomic E-state index is 12.5. The van der Waals surface area contributed by atoms with E-state index in [2.05, 4.69) is 6.07 Å². The molecule has 0 saturated heterocycles. The van der Waals surface area contributed by atoms with E-state index in [-0.39, 0.29) is 5.91 Å². The van der Waals surface area contributed by atoms with E-state index in [1.165, 1.54) is 12.7 Å². The van der Waals surface area contributed by atoms with Gasteiger partial charge in [-0.25, -0.2) is 4.79 Å². The first-order chi connectivity index (χ1) is 14.7. The van der Waals surface area contributed by atoms with Crippen LogP contribution in [0.3, 0.4) is 0 Å². The largest absolute Gasteiger partial charge is 0.474 e. The smallest absolute Gasteiger partial charge is 0.351 e. The van der Waals surface area contributed by atoms with Crippen LogP contribution in [0.25, 0.3) is 0 Å². The summed E-state index contributed by atoms with van der Waals surface area (Å²) in [6.45, 7) is 0.495. The Hall–Kier alpha value is -3.60. The predicted octanol–water partition coefficient (Wildman–Crippen LogP) is 4.46. The molecule has 1 unspecified atom stereocenters. The monoisotopic (exact) mass is 401 g/mol. The molecule has 1 heterocycles. The summed E-state index contributed by atoms with van der Waals surface area (Å²) >= 11 is 0. The van der Waals surface area contributed by atoms with Crippen LogP contribution in [0.4, 0.5) is 5.69 Å². The molecule has 30 heavy (non-hydrogen) atoms. The van der Waals surface area contributed by atoms with Gasteiger partial charge in [-0.3, -0.25) is 4.79 Å². The number of hydrogen-bond acceptors (Lipinski definition) is 4. The van der Waals surface area contributed by atoms with Crippen molar-refractivity contribution in [3.63, 3.8) is 0 Å². The first-order valence-electron chi connectivity index (χ1n) is 9.92. The fourth-order valence-electron chi connectivity index (χ4n) is 3.65. The third kappa shape index (κ3) is 4.20. The van der Waals surface area contributed by atoms with Gasteiger partial charge in [-0.15, -0.1) is 0 Å². The van der Waals surface area contributed by atoms with Gasteiger partial charge in [-0.05, 0) is 35.7 Å². The molecule has 5 heteroatoms. The molecule has 1 atom stereocenters. The Balaban J connectivity index is 1.50. The lowest BCUT2D eigenvalue weighted by Gasteiger charge is -2.29. The van der Waals surface area contributed by atoms with E-state index in [9.17, 15) is 9.59 Å². The number of methoxy groups -OCH3 is 1. The molecule has 0 N–H and O–H groups in total. The number of carbonyl (C=O) groups is 2. The van der Waals surface area contributed by atoms with E-state index in [1.54, 1.807) is 0 Å². The molecular formula is C25H23NO4. The van der Waals surface area contributed by atoms with Gasteiger partial charge in [-0.1, -0.05) is 60.7 Å². The minimum atomic E-state index is -0.836. The van der Waals surface area contributed by atoms with Crippen LogP contribution in [-0.2, 0) is 27.3 Å². The molecule has 1 aliphatic heterocycles. The third-order valence-electron chi connectivity index (χ3n) is 5.23. The molecule has 1 amide bonds. The maximum absolute atomic E-state index is 12.5. The highest BCUT2D eigenvalue weighted by atomic mass is 16.6. The van der Waals surface area contributed by atoms with Crippen molar-refractivity contribution in [2.24, 2.45) is 0 Å². The van der Waals surface area contributed by atoms with E-state index in [1.807, 2.05) is 77.7 Å². The number of amides is 1. The minimum Gasteiger partial charge on any atom is -0.474 e. The summed E-state index contributed by atoms with van der Waals surface area (Å²) in [6, 6.07) is 24.7. The van der Waals surface area contributed by atoms with Crippen molar-refractivity contribution in [3.8, 4) is 5.75 Å². The summed E-state index contributed by atoms with van der Waals surface area (Å²) < 4.78 is 10.8. The molecule has 1 aliphatic rings. The number of benzene rings is 3. The third-order valence-corrected chi connectivity index (χ3v) is 5.23. The zero-order chi connectivity index (χ0) is 20.9. The highest BCUT2D eigenvalue weighted by Crippen LogP contribution is 2.30. The lowest BCUT2D eigenvalue weighted by molar-refractivity contribution is -0.149. The topological polar surface area (TPSA) is 55.8 Å². The number of anilines is 1. The standard InChI is InChI=1S/C25H23NO4/c1-29-25(28)24(20-8-3-2-4-9-20)30-21-14-11-18(12-15-21)17-26-22-10-6-5-7-19(22)13-16-23(26)27/h2-12,14-15,24H,13,16-17H2,1H3. The quantitative estimate of drug-likeness (QED) is 0.573. The molecule has 0 aromatic heterocycles. The van der Waals surface area contributed by atoms with Crippen molar-refractivity contribution in [2.45, 2.75) is 25.5 Å². The second kappa shape index (κ2) is 8.82. The Kier molecular flexibility index (Phi) is 5.80. The number of esters is 1. The van der Waals surface area contributed by atoms with E-state index in [4.69, 9.17) is 9.47 Å². The number of carbonyl (C=O) groups excluding carboxylic acids is 2. The lowest BCUT2D eigenvalue weighted by atomic mass is 10.0. The van der Waals surface area contributed by atoms with E-state index in [0.29, 0.717) is 18.7 Å². The average molecular weight is 401 g/mol. The maximum Gasteiger partial charge on any atom is 0.351 e. The van der Waals surface area contributed by atoms with Crippen LogP contribution in [0.15, 0.2) is 78.9 Å². The number of fused-ring (bicyclic) bond motifs is 1. The van der Waals surface area contributed by atoms with Crippen molar-refractivity contribution in [2.75, 3.05) is 12.0 Å². The second-order valence-electron chi connectivity index (χ2n) is 7.18. The summed E-state index contributed by atoms with van der Waals surface area (Å²) in [7, 11) is 1.35. The van der Waals surface area contributed by atoms with Crippen LogP contribution in [0.1, 0.15) is 29.2 Å². The summed E-state index contributed by atoms with van der Waals surface area (Å²) in [5.74, 6) is 0.230. The molecule has 152 valence electrons. The molecule has 0 saturated carbocycles. The molecule has 5 nitrogen and oxygen atoms in total. The van der Waals surface area contributed by atoms with Gasteiger partial charge in [0.1, 0.15) is 5.75 Å². The van der Waals surface area contributed by atoms with Gasteiger partial charge in [0.15, 0.2) is 0 Å². The number of ether oxygens (including phenoxy) is 2. The zero-order valence-corrected chi connectivity index (χ0v) is 16.8. The Morgan fingerprint density at radius 1 is 0.933 bits per heavy atom. The number of nitrogens with zero attached hydrogens (tertiary/aromatic N) is 1. The van der Waals surface area contributed by atoms with Crippen LogP contribution in [-0.4, -0.2) is 19.0 Å². The predicted molar refractivity (Wildman–Crippen MR) is 114 cm³/mol. The van der Waals surface area contributed by atoms with Gasteiger partial charge >= 0.3 is 5.97 Å². The van der Waals surface area contributed by atoms with Gasteiger partial charge in [0.25, 0.3) is 0 Å². The molecular weight excluding hydrogens is 378 g/mol. The number of para-hydroxylation sites is 1. The Morgan fingerprint density at radius 3 is 2.37 bits per heavy atom. The molecule has 0 bridgehead atoms. The van der Waals surface area contributed by atoms with Gasteiger partial charge in [-0.2, -0.15) is 0 Å². The SMILES string of the molecule is COC(=O)C(Oc1ccc(CN2C(=O)CCc3ccccc32)cc1)c1ccccc1. The van der Waals surface area contributed by atoms with E-state index >= 15 is 0 Å². The lowest BCUT2D eigenvalue weighted by Crippen LogP contribution is -2.34. The van der Waals surface area contributed by atoms with Crippen molar-refractivity contribution >= 4 is 17.6 Å². The van der Waals surface area contributed by atoms with Crippen molar-refractivity contribution in [3.05, 3.63) is 95.6 Å². The van der Waals surface area contributed by atoms with Crippen LogP contribution in [0.5, 0.6) is 5.75 Å². The van der Waals surface area contributed by atoms with Crippen molar-refractivity contribution in [1.29, 1.82) is 0 Å². The molecule has 3 aromatic rings. The molecule has 3 aromatic carbocycles. The zero-order valence-electron chi connectivity index (χ0n) is 16.8. The Labute approximate surface area is 175 Å². The average Bonchev–Trinajstić information content (AvgIpc) is 2.80. The summed E-state index contributed by atoms with van der Waals surface area (Å²) in [4.78, 5) is 26.5. The molecule has 0 aliphatic carbocycles. The first-order valence-corrected chi connectivity index (χ1v) is 9.92. The van der Waals surface area contributed by atoms with Gasteiger partial charge in [0, 0.05) is 17.7 Å². The van der Waals surface area contributed by atoms with Gasteiger partial charge in [0.2, 0.25) is 12.0 Å². The normalized spacial score (nSPS) is 14.0. The molecule has 0 fully saturated rings. The summed E-state index contributed by atoms with van der Waals surface area (Å²) in [5, 5.41) is 0. The minimum absolute atomic E-state index is 0.129. The first kappa shape index (κ1) is 19.7. The fraction of sp³-hybridized carbons (Fsp3) is 0.200. The van der Waals surface area contributed by atoms with Crippen LogP contribution in [0.2, 0.25) is 0 Å². The second-order valence-corrected chi connectivity index (χ2v) is 7.18. The number of rotatable bonds is 6. The van der Waals surface area contributed by atoms with E-state index in [0.717, 1.165) is 23.2 Å². The van der Waals surface area contributed by atoms with Crippen molar-refractivity contribution < 1.29 is 19.1 Å². The highest BCUT2D eigenvalue weighted by molar-refractivity contribution is 5.96.